The van der Waals surface area contributed by atoms with E-state index in [2.05, 4.69) is 20.8 Å². The summed E-state index contributed by atoms with van der Waals surface area (Å²) in [5.74, 6) is 0.853. The third-order valence-corrected chi connectivity index (χ3v) is 2.29. The van der Waals surface area contributed by atoms with E-state index in [0.29, 0.717) is 18.6 Å². The van der Waals surface area contributed by atoms with Crippen molar-refractivity contribution in [2.24, 2.45) is 11.1 Å². The molecule has 1 aromatic heterocycles. The van der Waals surface area contributed by atoms with Crippen LogP contribution in [0.3, 0.4) is 0 Å². The average molecular weight is 211 g/mol. The van der Waals surface area contributed by atoms with Crippen molar-refractivity contribution in [2.75, 3.05) is 6.61 Å². The van der Waals surface area contributed by atoms with Gasteiger partial charge in [-0.3, -0.25) is 0 Å². The Labute approximate surface area is 91.6 Å². The van der Waals surface area contributed by atoms with Crippen molar-refractivity contribution in [1.29, 1.82) is 0 Å². The molecule has 1 heterocycles. The maximum atomic E-state index is 5.55. The van der Waals surface area contributed by atoms with Crippen LogP contribution in [0, 0.1) is 5.41 Å². The van der Waals surface area contributed by atoms with Crippen LogP contribution in [-0.2, 0) is 17.9 Å². The Kier molecular flexibility index (Phi) is 4.36. The number of hydrogen-bond acceptors (Lipinski definition) is 3. The van der Waals surface area contributed by atoms with Crippen LogP contribution >= 0.6 is 0 Å². The zero-order valence-corrected chi connectivity index (χ0v) is 9.88. The number of rotatable bonds is 5. The molecule has 0 aromatic carbocycles. The Morgan fingerprint density at radius 1 is 1.40 bits per heavy atom. The van der Waals surface area contributed by atoms with Gasteiger partial charge in [0.1, 0.15) is 12.4 Å². The molecule has 0 amide bonds. The van der Waals surface area contributed by atoms with Gasteiger partial charge in [0.25, 0.3) is 0 Å². The van der Waals surface area contributed by atoms with Crippen LogP contribution < -0.4 is 5.73 Å². The van der Waals surface area contributed by atoms with Gasteiger partial charge < -0.3 is 14.9 Å². The highest BCUT2D eigenvalue weighted by Gasteiger charge is 2.10. The molecule has 0 unspecified atom stereocenters. The standard InChI is InChI=1S/C12H21NO2/c1-12(2,3)5-7-14-9-11-10(8-13)4-6-15-11/h4,6H,5,7-9,13H2,1-3H3. The summed E-state index contributed by atoms with van der Waals surface area (Å²) >= 11 is 0. The van der Waals surface area contributed by atoms with Gasteiger partial charge in [-0.25, -0.2) is 0 Å². The molecule has 0 bridgehead atoms. The van der Waals surface area contributed by atoms with E-state index in [4.69, 9.17) is 14.9 Å². The van der Waals surface area contributed by atoms with Gasteiger partial charge in [-0.05, 0) is 17.9 Å². The second kappa shape index (κ2) is 5.33. The molecule has 1 rings (SSSR count). The number of nitrogens with two attached hydrogens (primary N) is 1. The highest BCUT2D eigenvalue weighted by atomic mass is 16.5. The molecule has 2 N–H and O–H groups in total. The Morgan fingerprint density at radius 3 is 2.73 bits per heavy atom. The number of hydrogen-bond donors (Lipinski definition) is 1. The topological polar surface area (TPSA) is 48.4 Å². The molecular weight excluding hydrogens is 190 g/mol. The van der Waals surface area contributed by atoms with E-state index in [-0.39, 0.29) is 0 Å². The van der Waals surface area contributed by atoms with E-state index in [9.17, 15) is 0 Å². The molecule has 0 atom stereocenters. The van der Waals surface area contributed by atoms with Crippen molar-refractivity contribution in [3.05, 3.63) is 23.7 Å². The lowest BCUT2D eigenvalue weighted by Gasteiger charge is -2.17. The van der Waals surface area contributed by atoms with Gasteiger partial charge in [0.15, 0.2) is 0 Å². The third-order valence-electron chi connectivity index (χ3n) is 2.29. The Morgan fingerprint density at radius 2 is 2.13 bits per heavy atom. The van der Waals surface area contributed by atoms with E-state index in [1.807, 2.05) is 6.07 Å². The predicted molar refractivity (Wildman–Crippen MR) is 60.3 cm³/mol. The second-order valence-corrected chi connectivity index (χ2v) is 4.94. The molecule has 15 heavy (non-hydrogen) atoms. The molecule has 0 aliphatic carbocycles. The summed E-state index contributed by atoms with van der Waals surface area (Å²) in [5, 5.41) is 0. The van der Waals surface area contributed by atoms with Gasteiger partial charge in [-0.2, -0.15) is 0 Å². The first kappa shape index (κ1) is 12.3. The van der Waals surface area contributed by atoms with E-state index >= 15 is 0 Å². The van der Waals surface area contributed by atoms with Crippen LogP contribution in [0.1, 0.15) is 38.5 Å². The number of furan rings is 1. The lowest BCUT2D eigenvalue weighted by Crippen LogP contribution is -2.10. The van der Waals surface area contributed by atoms with Crippen LogP contribution in [0.5, 0.6) is 0 Å². The first-order valence-corrected chi connectivity index (χ1v) is 5.36. The van der Waals surface area contributed by atoms with E-state index in [1.165, 1.54) is 0 Å². The SMILES string of the molecule is CC(C)(C)CCOCc1occc1CN. The summed E-state index contributed by atoms with van der Waals surface area (Å²) in [7, 11) is 0. The van der Waals surface area contributed by atoms with E-state index in [0.717, 1.165) is 24.4 Å². The highest BCUT2D eigenvalue weighted by Crippen LogP contribution is 2.18. The molecule has 86 valence electrons. The predicted octanol–water partition coefficient (Wildman–Crippen LogP) is 2.69. The fourth-order valence-corrected chi connectivity index (χ4v) is 1.22. The van der Waals surface area contributed by atoms with E-state index < -0.39 is 0 Å². The van der Waals surface area contributed by atoms with Gasteiger partial charge >= 0.3 is 0 Å². The summed E-state index contributed by atoms with van der Waals surface area (Å²) in [5.41, 5.74) is 6.91. The first-order valence-electron chi connectivity index (χ1n) is 5.36. The molecule has 1 aromatic rings. The van der Waals surface area contributed by atoms with Crippen LogP contribution in [0.15, 0.2) is 16.7 Å². The maximum absolute atomic E-state index is 5.55. The van der Waals surface area contributed by atoms with Crippen LogP contribution in [-0.4, -0.2) is 6.61 Å². The molecule has 3 nitrogen and oxygen atoms in total. The Hall–Kier alpha value is -0.800. The van der Waals surface area contributed by atoms with Crippen LogP contribution in [0.4, 0.5) is 0 Å². The van der Waals surface area contributed by atoms with Crippen molar-refractivity contribution in [3.63, 3.8) is 0 Å². The lowest BCUT2D eigenvalue weighted by molar-refractivity contribution is 0.0838. The fraction of sp³-hybridized carbons (Fsp3) is 0.667. The molecule has 0 saturated carbocycles. The Bertz CT molecular complexity index is 286. The van der Waals surface area contributed by atoms with Gasteiger partial charge in [-0.15, -0.1) is 0 Å². The zero-order chi connectivity index (χ0) is 11.3. The molecule has 0 saturated heterocycles. The second-order valence-electron chi connectivity index (χ2n) is 4.94. The normalized spacial score (nSPS) is 12.0. The van der Waals surface area contributed by atoms with E-state index in [1.54, 1.807) is 6.26 Å². The van der Waals surface area contributed by atoms with Gasteiger partial charge in [0.2, 0.25) is 0 Å². The third kappa shape index (κ3) is 4.49. The fourth-order valence-electron chi connectivity index (χ4n) is 1.22. The quantitative estimate of drug-likeness (QED) is 0.762. The molecule has 0 aliphatic heterocycles. The van der Waals surface area contributed by atoms with Gasteiger partial charge in [0, 0.05) is 18.7 Å². The number of ether oxygens (including phenoxy) is 1. The monoisotopic (exact) mass is 211 g/mol. The molecule has 3 heteroatoms. The minimum Gasteiger partial charge on any atom is -0.467 e. The van der Waals surface area contributed by atoms with Crippen molar-refractivity contribution in [3.8, 4) is 0 Å². The van der Waals surface area contributed by atoms with Crippen molar-refractivity contribution < 1.29 is 9.15 Å². The molecule has 0 fully saturated rings. The smallest absolute Gasteiger partial charge is 0.133 e. The van der Waals surface area contributed by atoms with Crippen molar-refractivity contribution >= 4 is 0 Å². The van der Waals surface area contributed by atoms with Crippen LogP contribution in [0.2, 0.25) is 0 Å². The Balaban J connectivity index is 2.26. The average Bonchev–Trinajstić information content (AvgIpc) is 2.58. The maximum Gasteiger partial charge on any atom is 0.133 e. The zero-order valence-electron chi connectivity index (χ0n) is 9.88. The molecule has 0 aliphatic rings. The summed E-state index contributed by atoms with van der Waals surface area (Å²) in [4.78, 5) is 0. The van der Waals surface area contributed by atoms with Gasteiger partial charge in [0.05, 0.1) is 6.26 Å². The summed E-state index contributed by atoms with van der Waals surface area (Å²) in [6.45, 7) is 8.40. The van der Waals surface area contributed by atoms with Gasteiger partial charge in [-0.1, -0.05) is 20.8 Å². The highest BCUT2D eigenvalue weighted by molar-refractivity contribution is 5.15. The minimum absolute atomic E-state index is 0.319. The van der Waals surface area contributed by atoms with Crippen molar-refractivity contribution in [2.45, 2.75) is 40.3 Å². The van der Waals surface area contributed by atoms with Crippen molar-refractivity contribution in [1.82, 2.24) is 0 Å². The lowest BCUT2D eigenvalue weighted by atomic mass is 9.93. The summed E-state index contributed by atoms with van der Waals surface area (Å²) < 4.78 is 10.8. The summed E-state index contributed by atoms with van der Waals surface area (Å²) in [6.07, 6.45) is 2.70. The molecule has 0 spiro atoms. The summed E-state index contributed by atoms with van der Waals surface area (Å²) in [6, 6.07) is 1.89. The van der Waals surface area contributed by atoms with Crippen LogP contribution in [0.25, 0.3) is 0 Å². The molecule has 0 radical (unpaired) electrons. The first-order chi connectivity index (χ1) is 7.03. The molecular formula is C12H21NO2. The minimum atomic E-state index is 0.319. The largest absolute Gasteiger partial charge is 0.467 e.